The van der Waals surface area contributed by atoms with Gasteiger partial charge in [0.1, 0.15) is 5.82 Å². The van der Waals surface area contributed by atoms with Gasteiger partial charge in [-0.25, -0.2) is 12.8 Å². The van der Waals surface area contributed by atoms with Crippen molar-refractivity contribution >= 4 is 27.4 Å². The minimum Gasteiger partial charge on any atom is -0.481 e. The maximum absolute atomic E-state index is 13.9. The molecule has 2 aliphatic carbocycles. The van der Waals surface area contributed by atoms with Crippen molar-refractivity contribution in [2.45, 2.75) is 11.3 Å². The first-order valence-electron chi connectivity index (χ1n) is 7.40. The fourth-order valence-corrected chi connectivity index (χ4v) is 4.21. The van der Waals surface area contributed by atoms with Gasteiger partial charge >= 0.3 is 5.97 Å². The molecular formula is C16H16FNO5S. The quantitative estimate of drug-likeness (QED) is 0.634. The van der Waals surface area contributed by atoms with Gasteiger partial charge < -0.3 is 10.4 Å². The highest BCUT2D eigenvalue weighted by atomic mass is 32.2. The van der Waals surface area contributed by atoms with Crippen LogP contribution in [0.1, 0.15) is 6.42 Å². The normalized spacial score (nSPS) is 28.1. The van der Waals surface area contributed by atoms with Gasteiger partial charge in [-0.1, -0.05) is 12.2 Å². The monoisotopic (exact) mass is 353 g/mol. The molecule has 24 heavy (non-hydrogen) atoms. The summed E-state index contributed by atoms with van der Waals surface area (Å²) >= 11 is 0. The number of carboxylic acids is 1. The molecule has 0 radical (unpaired) electrons. The number of nitrogens with one attached hydrogen (secondary N) is 1. The molecule has 1 fully saturated rings. The molecule has 0 unspecified atom stereocenters. The number of hydrogen-bond acceptors (Lipinski definition) is 4. The molecule has 1 saturated carbocycles. The predicted octanol–water partition coefficient (Wildman–Crippen LogP) is 1.69. The topological polar surface area (TPSA) is 101 Å². The number of carbonyl (C=O) groups is 2. The maximum Gasteiger partial charge on any atom is 0.307 e. The Labute approximate surface area is 138 Å². The van der Waals surface area contributed by atoms with E-state index in [-0.39, 0.29) is 22.4 Å². The van der Waals surface area contributed by atoms with Crippen molar-refractivity contribution in [3.63, 3.8) is 0 Å². The predicted molar refractivity (Wildman–Crippen MR) is 83.5 cm³/mol. The Bertz CT molecular complexity index is 848. The van der Waals surface area contributed by atoms with Gasteiger partial charge in [-0.3, -0.25) is 9.59 Å². The number of sulfone groups is 1. The molecule has 6 nitrogen and oxygen atoms in total. The van der Waals surface area contributed by atoms with Crippen LogP contribution < -0.4 is 5.32 Å². The fourth-order valence-electron chi connectivity index (χ4n) is 3.56. The molecule has 8 heteroatoms. The van der Waals surface area contributed by atoms with Gasteiger partial charge in [-0.05, 0) is 36.5 Å². The van der Waals surface area contributed by atoms with E-state index in [1.54, 1.807) is 6.08 Å². The van der Waals surface area contributed by atoms with Crippen LogP contribution in [0.3, 0.4) is 0 Å². The molecule has 2 aliphatic rings. The molecular weight excluding hydrogens is 337 g/mol. The summed E-state index contributed by atoms with van der Waals surface area (Å²) in [6, 6.07) is 3.11. The third kappa shape index (κ3) is 2.82. The van der Waals surface area contributed by atoms with Crippen LogP contribution in [0.25, 0.3) is 0 Å². The number of carbonyl (C=O) groups excluding carboxylic acids is 1. The molecule has 128 valence electrons. The molecule has 0 aromatic heterocycles. The van der Waals surface area contributed by atoms with Gasteiger partial charge in [0.15, 0.2) is 9.84 Å². The lowest BCUT2D eigenvalue weighted by Crippen LogP contribution is -2.36. The van der Waals surface area contributed by atoms with Crippen molar-refractivity contribution in [2.24, 2.45) is 23.7 Å². The second-order valence-electron chi connectivity index (χ2n) is 6.24. The highest BCUT2D eigenvalue weighted by Crippen LogP contribution is 2.48. The fraction of sp³-hybridized carbons (Fsp3) is 0.375. The van der Waals surface area contributed by atoms with E-state index in [9.17, 15) is 27.5 Å². The zero-order chi connectivity index (χ0) is 17.6. The lowest BCUT2D eigenvalue weighted by molar-refractivity contribution is -0.146. The third-order valence-corrected chi connectivity index (χ3v) is 5.78. The van der Waals surface area contributed by atoms with Crippen LogP contribution in [-0.2, 0) is 19.4 Å². The van der Waals surface area contributed by atoms with Gasteiger partial charge in [0.2, 0.25) is 5.91 Å². The van der Waals surface area contributed by atoms with Gasteiger partial charge in [-0.2, -0.15) is 0 Å². The third-order valence-electron chi connectivity index (χ3n) is 4.67. The van der Waals surface area contributed by atoms with Gasteiger partial charge in [0, 0.05) is 6.26 Å². The Hall–Kier alpha value is -2.22. The SMILES string of the molecule is CS(=O)(=O)c1ccc(F)c(NC(=O)[C@H]2[C@@H](C(=O)O)[C@H]3C=C[C@H]2C3)c1. The van der Waals surface area contributed by atoms with E-state index in [4.69, 9.17) is 0 Å². The van der Waals surface area contributed by atoms with Gasteiger partial charge in [0.05, 0.1) is 22.4 Å². The van der Waals surface area contributed by atoms with Gasteiger partial charge in [0.25, 0.3) is 0 Å². The van der Waals surface area contributed by atoms with E-state index in [1.165, 1.54) is 0 Å². The van der Waals surface area contributed by atoms with E-state index >= 15 is 0 Å². The minimum atomic E-state index is -3.55. The van der Waals surface area contributed by atoms with E-state index in [2.05, 4.69) is 5.32 Å². The largest absolute Gasteiger partial charge is 0.481 e. The summed E-state index contributed by atoms with van der Waals surface area (Å²) in [5.74, 6) is -4.48. The van der Waals surface area contributed by atoms with Crippen LogP contribution >= 0.6 is 0 Å². The average molecular weight is 353 g/mol. The molecule has 1 amide bonds. The maximum atomic E-state index is 13.9. The molecule has 1 aromatic rings. The van der Waals surface area contributed by atoms with Crippen LogP contribution in [0.2, 0.25) is 0 Å². The minimum absolute atomic E-state index is 0.123. The number of anilines is 1. The highest BCUT2D eigenvalue weighted by molar-refractivity contribution is 7.90. The molecule has 0 heterocycles. The molecule has 0 saturated heterocycles. The molecule has 1 aromatic carbocycles. The summed E-state index contributed by atoms with van der Waals surface area (Å²) in [6.07, 6.45) is 5.18. The number of hydrogen-bond donors (Lipinski definition) is 2. The summed E-state index contributed by atoms with van der Waals surface area (Å²) in [6.45, 7) is 0. The molecule has 3 rings (SSSR count). The summed E-state index contributed by atoms with van der Waals surface area (Å²) < 4.78 is 37.0. The summed E-state index contributed by atoms with van der Waals surface area (Å²) in [5, 5.41) is 11.7. The number of amides is 1. The number of rotatable bonds is 4. The number of benzene rings is 1. The van der Waals surface area contributed by atoms with E-state index in [0.29, 0.717) is 6.42 Å². The lowest BCUT2D eigenvalue weighted by atomic mass is 9.82. The van der Waals surface area contributed by atoms with Crippen molar-refractivity contribution in [3.8, 4) is 0 Å². The van der Waals surface area contributed by atoms with E-state index in [0.717, 1.165) is 24.5 Å². The first-order valence-corrected chi connectivity index (χ1v) is 9.29. The van der Waals surface area contributed by atoms with Crippen molar-refractivity contribution in [2.75, 3.05) is 11.6 Å². The van der Waals surface area contributed by atoms with Crippen molar-refractivity contribution < 1.29 is 27.5 Å². The summed E-state index contributed by atoms with van der Waals surface area (Å²) in [4.78, 5) is 23.8. The van der Waals surface area contributed by atoms with Crippen molar-refractivity contribution in [1.29, 1.82) is 0 Å². The number of fused-ring (bicyclic) bond motifs is 2. The Morgan fingerprint density at radius 3 is 2.42 bits per heavy atom. The zero-order valence-corrected chi connectivity index (χ0v) is 13.6. The molecule has 2 N–H and O–H groups in total. The molecule has 0 aliphatic heterocycles. The van der Waals surface area contributed by atoms with Crippen molar-refractivity contribution in [1.82, 2.24) is 0 Å². The van der Waals surface area contributed by atoms with Crippen LogP contribution in [0.4, 0.5) is 10.1 Å². The van der Waals surface area contributed by atoms with Crippen LogP contribution in [0, 0.1) is 29.5 Å². The number of allylic oxidation sites excluding steroid dienone is 2. The Morgan fingerprint density at radius 1 is 1.21 bits per heavy atom. The standard InChI is InChI=1S/C16H16FNO5S/c1-24(22,23)10-4-5-11(17)12(7-10)18-15(19)13-8-2-3-9(6-8)14(13)16(20)21/h2-5,7-9,13-14H,6H2,1H3,(H,18,19)(H,20,21)/t8-,9-,13+,14-/m0/s1. The lowest BCUT2D eigenvalue weighted by Gasteiger charge is -2.24. The smallest absolute Gasteiger partial charge is 0.307 e. The Kier molecular flexibility index (Phi) is 3.95. The molecule has 2 bridgehead atoms. The van der Waals surface area contributed by atoms with Crippen LogP contribution in [-0.4, -0.2) is 31.7 Å². The summed E-state index contributed by atoms with van der Waals surface area (Å²) in [7, 11) is -3.55. The van der Waals surface area contributed by atoms with Crippen LogP contribution in [0.15, 0.2) is 35.2 Å². The van der Waals surface area contributed by atoms with Crippen LogP contribution in [0.5, 0.6) is 0 Å². The van der Waals surface area contributed by atoms with Crippen molar-refractivity contribution in [3.05, 3.63) is 36.2 Å². The first-order chi connectivity index (χ1) is 11.2. The summed E-state index contributed by atoms with van der Waals surface area (Å²) in [5.41, 5.74) is -0.265. The molecule has 4 atom stereocenters. The first kappa shape index (κ1) is 16.6. The number of carboxylic acid groups (broad SMARTS) is 1. The highest BCUT2D eigenvalue weighted by Gasteiger charge is 2.51. The van der Waals surface area contributed by atoms with E-state index in [1.807, 2.05) is 6.08 Å². The average Bonchev–Trinajstić information content (AvgIpc) is 3.08. The number of halogens is 1. The zero-order valence-electron chi connectivity index (χ0n) is 12.8. The Balaban J connectivity index is 1.88. The van der Waals surface area contributed by atoms with E-state index < -0.39 is 39.4 Å². The van der Waals surface area contributed by atoms with Gasteiger partial charge in [-0.15, -0.1) is 0 Å². The number of aliphatic carboxylic acids is 1. The Morgan fingerprint density at radius 2 is 1.83 bits per heavy atom. The second kappa shape index (κ2) is 5.70. The molecule has 0 spiro atoms. The second-order valence-corrected chi connectivity index (χ2v) is 8.26.